The minimum Gasteiger partial charge on any atom is -0.482 e. The van der Waals surface area contributed by atoms with E-state index in [2.05, 4.69) is 11.9 Å². The first-order chi connectivity index (χ1) is 23.9. The highest BCUT2D eigenvalue weighted by molar-refractivity contribution is 5.89. The molecule has 9 unspecified atom stereocenters. The first kappa shape index (κ1) is 34.0. The number of benzene rings is 2. The standard InChI is InChI=1S/C39H39F2NO8/c1-21-26-18-31(49-35(44)22-11-13-24(40)14-12-22)39(3)34(33(43)32-30(50-39)19-29(47-36(32)45)23-8-7-17-42-20-23)38(26,2)16-15-28(21)48-37(46-4)25-9-5-6-10-27(25)41/h5-14,17,19-21,26,28,31,33-34,37,43H,15-16,18H2,1-4H3. The van der Waals surface area contributed by atoms with Crippen LogP contribution in [0.25, 0.3) is 11.3 Å². The Kier molecular flexibility index (Phi) is 8.86. The van der Waals surface area contributed by atoms with Crippen LogP contribution < -0.4 is 10.4 Å². The normalized spacial score (nSPS) is 30.6. The van der Waals surface area contributed by atoms with Crippen LogP contribution in [0.3, 0.4) is 0 Å². The molecule has 1 N–H and O–H groups in total. The Morgan fingerprint density at radius 1 is 1.08 bits per heavy atom. The quantitative estimate of drug-likeness (QED) is 0.159. The van der Waals surface area contributed by atoms with Crippen molar-refractivity contribution in [3.8, 4) is 17.1 Å². The van der Waals surface area contributed by atoms with Gasteiger partial charge in [0, 0.05) is 42.6 Å². The highest BCUT2D eigenvalue weighted by Gasteiger charge is 2.68. The third-order valence-electron chi connectivity index (χ3n) is 11.3. The molecule has 9 nitrogen and oxygen atoms in total. The van der Waals surface area contributed by atoms with E-state index in [0.717, 1.165) is 0 Å². The van der Waals surface area contributed by atoms with Gasteiger partial charge in [-0.3, -0.25) is 4.98 Å². The zero-order valence-corrected chi connectivity index (χ0v) is 28.2. The molecule has 0 radical (unpaired) electrons. The Labute approximate surface area is 288 Å². The van der Waals surface area contributed by atoms with Gasteiger partial charge < -0.3 is 28.5 Å². The zero-order valence-electron chi connectivity index (χ0n) is 28.2. The molecule has 1 aliphatic heterocycles. The summed E-state index contributed by atoms with van der Waals surface area (Å²) in [5.41, 5.74) is -1.70. The second-order valence-corrected chi connectivity index (χ2v) is 14.0. The van der Waals surface area contributed by atoms with Gasteiger partial charge in [-0.2, -0.15) is 0 Å². The predicted octanol–water partition coefficient (Wildman–Crippen LogP) is 7.19. The van der Waals surface area contributed by atoms with Gasteiger partial charge in [0.1, 0.15) is 40.4 Å². The van der Waals surface area contributed by atoms with Crippen LogP contribution in [-0.2, 0) is 14.2 Å². The summed E-state index contributed by atoms with van der Waals surface area (Å²) >= 11 is 0. The van der Waals surface area contributed by atoms with Gasteiger partial charge in [0.2, 0.25) is 0 Å². The summed E-state index contributed by atoms with van der Waals surface area (Å²) < 4.78 is 59.3. The lowest BCUT2D eigenvalue weighted by Crippen LogP contribution is -2.69. The number of aliphatic hydroxyl groups excluding tert-OH is 1. The van der Waals surface area contributed by atoms with Crippen LogP contribution in [0.1, 0.15) is 73.9 Å². The lowest BCUT2D eigenvalue weighted by atomic mass is 9.46. The molecular formula is C39H39F2NO8. The number of hydrogen-bond acceptors (Lipinski definition) is 9. The lowest BCUT2D eigenvalue weighted by molar-refractivity contribution is -0.258. The molecule has 2 fully saturated rings. The van der Waals surface area contributed by atoms with Gasteiger partial charge in [-0.15, -0.1) is 0 Å². The van der Waals surface area contributed by atoms with E-state index < -0.39 is 58.7 Å². The molecule has 3 heterocycles. The number of aromatic nitrogens is 1. The average Bonchev–Trinajstić information content (AvgIpc) is 3.09. The molecule has 0 amide bonds. The number of pyridine rings is 1. The number of carbonyl (C=O) groups excluding carboxylic acids is 1. The van der Waals surface area contributed by atoms with Crippen LogP contribution in [0.4, 0.5) is 8.78 Å². The summed E-state index contributed by atoms with van der Waals surface area (Å²) in [5, 5.41) is 12.3. The molecule has 3 aliphatic rings. The molecule has 11 heteroatoms. The van der Waals surface area contributed by atoms with E-state index in [9.17, 15) is 23.5 Å². The maximum Gasteiger partial charge on any atom is 0.345 e. The molecule has 50 heavy (non-hydrogen) atoms. The number of methoxy groups -OCH3 is 1. The largest absolute Gasteiger partial charge is 0.482 e. The summed E-state index contributed by atoms with van der Waals surface area (Å²) in [5.74, 6) is -2.40. The monoisotopic (exact) mass is 687 g/mol. The fourth-order valence-electron chi connectivity index (χ4n) is 8.86. The van der Waals surface area contributed by atoms with E-state index in [1.54, 1.807) is 55.7 Å². The van der Waals surface area contributed by atoms with Crippen molar-refractivity contribution in [2.24, 2.45) is 23.2 Å². The Morgan fingerprint density at radius 3 is 2.54 bits per heavy atom. The molecule has 2 aromatic heterocycles. The number of ether oxygens (including phenoxy) is 4. The topological polar surface area (TPSA) is 117 Å². The summed E-state index contributed by atoms with van der Waals surface area (Å²) in [6, 6.07) is 16.4. The van der Waals surface area contributed by atoms with Crippen molar-refractivity contribution in [2.45, 2.75) is 70.2 Å². The first-order valence-corrected chi connectivity index (χ1v) is 16.8. The van der Waals surface area contributed by atoms with Gasteiger partial charge in [-0.05, 0) is 85.9 Å². The number of esters is 1. The van der Waals surface area contributed by atoms with Gasteiger partial charge in [-0.1, -0.05) is 32.0 Å². The van der Waals surface area contributed by atoms with E-state index >= 15 is 0 Å². The Bertz CT molecular complexity index is 1940. The lowest BCUT2D eigenvalue weighted by Gasteiger charge is -2.64. The van der Waals surface area contributed by atoms with Crippen molar-refractivity contribution in [3.05, 3.63) is 118 Å². The second kappa shape index (κ2) is 13.0. The third kappa shape index (κ3) is 5.71. The average molecular weight is 688 g/mol. The molecule has 9 atom stereocenters. The Morgan fingerprint density at radius 2 is 1.84 bits per heavy atom. The number of fused-ring (bicyclic) bond motifs is 4. The fraction of sp³-hybridized carbons (Fsp3) is 0.410. The molecule has 0 bridgehead atoms. The van der Waals surface area contributed by atoms with E-state index in [4.69, 9.17) is 23.4 Å². The molecule has 0 spiro atoms. The van der Waals surface area contributed by atoms with Crippen LogP contribution in [0, 0.1) is 34.8 Å². The fourth-order valence-corrected chi connectivity index (χ4v) is 8.86. The van der Waals surface area contributed by atoms with Crippen molar-refractivity contribution in [2.75, 3.05) is 7.11 Å². The highest BCUT2D eigenvalue weighted by Crippen LogP contribution is 2.65. The van der Waals surface area contributed by atoms with E-state index in [1.165, 1.54) is 37.4 Å². The molecule has 7 rings (SSSR count). The maximum absolute atomic E-state index is 14.8. The van der Waals surface area contributed by atoms with E-state index in [1.807, 2.05) is 6.92 Å². The molecular weight excluding hydrogens is 648 g/mol. The Balaban J connectivity index is 1.28. The highest BCUT2D eigenvalue weighted by atomic mass is 19.1. The molecule has 2 saturated carbocycles. The van der Waals surface area contributed by atoms with Crippen molar-refractivity contribution in [1.82, 2.24) is 4.98 Å². The molecule has 4 aromatic rings. The van der Waals surface area contributed by atoms with Crippen LogP contribution in [-0.4, -0.2) is 41.0 Å². The zero-order chi connectivity index (χ0) is 35.4. The Hall–Kier alpha value is -4.45. The minimum atomic E-state index is -1.34. The molecule has 2 aromatic carbocycles. The van der Waals surface area contributed by atoms with Crippen molar-refractivity contribution in [3.63, 3.8) is 0 Å². The van der Waals surface area contributed by atoms with Gasteiger partial charge >= 0.3 is 11.6 Å². The predicted molar refractivity (Wildman–Crippen MR) is 177 cm³/mol. The van der Waals surface area contributed by atoms with Gasteiger partial charge in [0.25, 0.3) is 0 Å². The number of nitrogens with zero attached hydrogens (tertiary/aromatic N) is 1. The van der Waals surface area contributed by atoms with Crippen LogP contribution in [0.2, 0.25) is 0 Å². The number of halogens is 2. The van der Waals surface area contributed by atoms with Crippen LogP contribution >= 0.6 is 0 Å². The number of rotatable bonds is 7. The number of carbonyl (C=O) groups is 1. The van der Waals surface area contributed by atoms with Crippen molar-refractivity contribution < 1.29 is 42.0 Å². The minimum absolute atomic E-state index is 0.00405. The maximum atomic E-state index is 14.8. The molecule has 0 saturated heterocycles. The SMILES string of the molecule is COC(OC1CCC2(C)C(CC(OC(=O)c3ccc(F)cc3)C3(C)Oc4cc(-c5cccnc5)oc(=O)c4C(O)C23)C1C)c1ccccc1F. The van der Waals surface area contributed by atoms with E-state index in [0.29, 0.717) is 24.8 Å². The van der Waals surface area contributed by atoms with Crippen molar-refractivity contribution >= 4 is 5.97 Å². The summed E-state index contributed by atoms with van der Waals surface area (Å²) in [4.78, 5) is 31.3. The first-order valence-electron chi connectivity index (χ1n) is 16.8. The van der Waals surface area contributed by atoms with Crippen LogP contribution in [0.5, 0.6) is 5.75 Å². The van der Waals surface area contributed by atoms with Crippen molar-refractivity contribution in [1.29, 1.82) is 0 Å². The van der Waals surface area contributed by atoms with Gasteiger partial charge in [0.15, 0.2) is 6.29 Å². The molecule has 2 aliphatic carbocycles. The van der Waals surface area contributed by atoms with E-state index in [-0.39, 0.29) is 46.1 Å². The second-order valence-electron chi connectivity index (χ2n) is 14.0. The summed E-state index contributed by atoms with van der Waals surface area (Å²) in [7, 11) is 1.46. The summed E-state index contributed by atoms with van der Waals surface area (Å²) in [6.45, 7) is 5.90. The van der Waals surface area contributed by atoms with Gasteiger partial charge in [0.05, 0.1) is 17.8 Å². The van der Waals surface area contributed by atoms with Gasteiger partial charge in [-0.25, -0.2) is 18.4 Å². The molecule has 262 valence electrons. The number of aliphatic hydroxyl groups is 1. The third-order valence-corrected chi connectivity index (χ3v) is 11.3. The van der Waals surface area contributed by atoms with Crippen LogP contribution in [0.15, 0.2) is 88.3 Å². The number of hydrogen-bond donors (Lipinski definition) is 1. The smallest absolute Gasteiger partial charge is 0.345 e. The summed E-state index contributed by atoms with van der Waals surface area (Å²) in [6.07, 6.45) is 0.992.